The van der Waals surface area contributed by atoms with Crippen LogP contribution < -0.4 is 4.90 Å². The summed E-state index contributed by atoms with van der Waals surface area (Å²) in [6.07, 6.45) is 5.03. The second-order valence-corrected chi connectivity index (χ2v) is 6.88. The number of aliphatic hydroxyl groups is 1. The molecule has 1 N–H and O–H groups in total. The third kappa shape index (κ3) is 2.64. The van der Waals surface area contributed by atoms with Gasteiger partial charge < -0.3 is 14.7 Å². The maximum atomic E-state index is 9.66. The van der Waals surface area contributed by atoms with Crippen LogP contribution in [0.1, 0.15) is 44.0 Å². The molecule has 0 spiro atoms. The molecule has 8 heteroatoms. The third-order valence-corrected chi connectivity index (χ3v) is 5.14. The Kier molecular flexibility index (Phi) is 4.32. The molecule has 2 atom stereocenters. The fourth-order valence-corrected chi connectivity index (χ4v) is 3.95. The highest BCUT2D eigenvalue weighted by molar-refractivity contribution is 6.28. The van der Waals surface area contributed by atoms with Gasteiger partial charge in [-0.05, 0) is 50.6 Å². The molecule has 0 aliphatic carbocycles. The minimum Gasteiger partial charge on any atom is -0.394 e. The van der Waals surface area contributed by atoms with E-state index in [1.165, 1.54) is 0 Å². The van der Waals surface area contributed by atoms with Crippen molar-refractivity contribution < 1.29 is 9.84 Å². The van der Waals surface area contributed by atoms with Gasteiger partial charge in [-0.1, -0.05) is 0 Å². The minimum atomic E-state index is -0.0963. The van der Waals surface area contributed by atoms with Gasteiger partial charge in [-0.15, -0.1) is 0 Å². The number of aryl methyl sites for hydroxylation is 1. The summed E-state index contributed by atoms with van der Waals surface area (Å²) in [5.74, 6) is 0.779. The average molecular weight is 352 g/mol. The monoisotopic (exact) mass is 351 g/mol. The lowest BCUT2D eigenvalue weighted by molar-refractivity contribution is -0.0371. The lowest BCUT2D eigenvalue weighted by atomic mass is 10.2. The van der Waals surface area contributed by atoms with Crippen molar-refractivity contribution in [2.75, 3.05) is 24.7 Å². The van der Waals surface area contributed by atoms with Gasteiger partial charge >= 0.3 is 0 Å². The summed E-state index contributed by atoms with van der Waals surface area (Å²) in [6.45, 7) is 3.68. The Balaban J connectivity index is 1.84. The van der Waals surface area contributed by atoms with E-state index in [9.17, 15) is 5.11 Å². The van der Waals surface area contributed by atoms with Gasteiger partial charge in [0.25, 0.3) is 0 Å². The van der Waals surface area contributed by atoms with Crippen molar-refractivity contribution in [2.24, 2.45) is 0 Å². The normalized spacial score (nSPS) is 24.9. The van der Waals surface area contributed by atoms with Crippen LogP contribution in [0, 0.1) is 6.92 Å². The Bertz CT molecular complexity index is 744. The second kappa shape index (κ2) is 6.46. The Hall–Kier alpha value is -1.44. The Morgan fingerprint density at radius 1 is 1.25 bits per heavy atom. The zero-order valence-electron chi connectivity index (χ0n) is 13.8. The van der Waals surface area contributed by atoms with Crippen LogP contribution in [0.3, 0.4) is 0 Å². The number of ether oxygens (including phenoxy) is 1. The zero-order chi connectivity index (χ0) is 16.7. The molecule has 2 aromatic rings. The molecule has 0 amide bonds. The van der Waals surface area contributed by atoms with Crippen molar-refractivity contribution >= 4 is 28.5 Å². The van der Waals surface area contributed by atoms with Crippen LogP contribution in [0.5, 0.6) is 0 Å². The summed E-state index contributed by atoms with van der Waals surface area (Å²) in [5.41, 5.74) is 1.59. The second-order valence-electron chi connectivity index (χ2n) is 6.54. The van der Waals surface area contributed by atoms with Gasteiger partial charge in [0.05, 0.1) is 23.7 Å². The molecule has 4 rings (SSSR count). The first-order valence-corrected chi connectivity index (χ1v) is 8.98. The predicted molar refractivity (Wildman–Crippen MR) is 91.4 cm³/mol. The number of nitrogens with zero attached hydrogens (tertiary/aromatic N) is 5. The molecule has 2 fully saturated rings. The van der Waals surface area contributed by atoms with Crippen LogP contribution >= 0.6 is 11.6 Å². The zero-order valence-corrected chi connectivity index (χ0v) is 14.5. The largest absolute Gasteiger partial charge is 0.394 e. The van der Waals surface area contributed by atoms with Gasteiger partial charge in [-0.3, -0.25) is 0 Å². The number of hydrogen-bond acceptors (Lipinski definition) is 6. The molecule has 0 saturated carbocycles. The third-order valence-electron chi connectivity index (χ3n) is 4.97. The minimum absolute atomic E-state index is 0.0767. The molecular weight excluding hydrogens is 330 g/mol. The number of anilines is 1. The number of fused-ring (bicyclic) bond motifs is 1. The lowest BCUT2D eigenvalue weighted by Crippen LogP contribution is -2.33. The number of rotatable bonds is 3. The summed E-state index contributed by atoms with van der Waals surface area (Å²) >= 11 is 6.22. The maximum Gasteiger partial charge on any atom is 0.226 e. The molecule has 2 aromatic heterocycles. The molecule has 2 aliphatic heterocycles. The van der Waals surface area contributed by atoms with Crippen molar-refractivity contribution in [3.63, 3.8) is 0 Å². The molecule has 4 heterocycles. The Morgan fingerprint density at radius 2 is 2.12 bits per heavy atom. The van der Waals surface area contributed by atoms with E-state index in [1.807, 2.05) is 11.6 Å². The molecule has 1 unspecified atom stereocenters. The Labute approximate surface area is 145 Å². The van der Waals surface area contributed by atoms with E-state index in [-0.39, 0.29) is 24.2 Å². The van der Waals surface area contributed by atoms with Gasteiger partial charge in [0.2, 0.25) is 5.28 Å². The SMILES string of the molecule is Cc1nn(C2CCCCO2)c2nc(Cl)nc(N3CCC[C@H]3CO)c12. The van der Waals surface area contributed by atoms with Crippen molar-refractivity contribution in [3.8, 4) is 0 Å². The first-order valence-electron chi connectivity index (χ1n) is 8.60. The van der Waals surface area contributed by atoms with Gasteiger partial charge in [0.15, 0.2) is 11.9 Å². The van der Waals surface area contributed by atoms with E-state index in [4.69, 9.17) is 16.3 Å². The molecule has 0 bridgehead atoms. The molecule has 0 radical (unpaired) electrons. The summed E-state index contributed by atoms with van der Waals surface area (Å²) in [7, 11) is 0. The van der Waals surface area contributed by atoms with Crippen LogP contribution in [-0.4, -0.2) is 50.7 Å². The fourth-order valence-electron chi connectivity index (χ4n) is 3.79. The molecule has 130 valence electrons. The highest BCUT2D eigenvalue weighted by Gasteiger charge is 2.30. The standard InChI is InChI=1S/C16H22ClN5O2/c1-10-13-14(21-7-4-5-11(21)9-23)18-16(17)19-15(13)22(20-10)12-6-2-3-8-24-12/h11-12,23H,2-9H2,1H3/t11-,12?/m0/s1. The van der Waals surface area contributed by atoms with Crippen LogP contribution in [-0.2, 0) is 4.74 Å². The van der Waals surface area contributed by atoms with Gasteiger partial charge in [-0.2, -0.15) is 15.1 Å². The molecule has 2 saturated heterocycles. The smallest absolute Gasteiger partial charge is 0.226 e. The van der Waals surface area contributed by atoms with E-state index >= 15 is 0 Å². The molecule has 24 heavy (non-hydrogen) atoms. The van der Waals surface area contributed by atoms with Crippen LogP contribution in [0.25, 0.3) is 11.0 Å². The summed E-state index contributed by atoms with van der Waals surface area (Å²) in [4.78, 5) is 11.1. The summed E-state index contributed by atoms with van der Waals surface area (Å²) in [6, 6.07) is 0.0767. The topological polar surface area (TPSA) is 76.3 Å². The van der Waals surface area contributed by atoms with Gasteiger partial charge in [-0.25, -0.2) is 4.68 Å². The average Bonchev–Trinajstić information content (AvgIpc) is 3.19. The number of aromatic nitrogens is 4. The highest BCUT2D eigenvalue weighted by Crippen LogP contribution is 2.35. The number of aliphatic hydroxyl groups excluding tert-OH is 1. The van der Waals surface area contributed by atoms with E-state index in [2.05, 4.69) is 20.0 Å². The molecular formula is C16H22ClN5O2. The van der Waals surface area contributed by atoms with E-state index in [1.54, 1.807) is 0 Å². The lowest BCUT2D eigenvalue weighted by Gasteiger charge is -2.25. The first-order chi connectivity index (χ1) is 11.7. The fraction of sp³-hybridized carbons (Fsp3) is 0.688. The van der Waals surface area contributed by atoms with Crippen LogP contribution in [0.15, 0.2) is 0 Å². The van der Waals surface area contributed by atoms with E-state index in [0.29, 0.717) is 0 Å². The van der Waals surface area contributed by atoms with Gasteiger partial charge in [0, 0.05) is 13.2 Å². The van der Waals surface area contributed by atoms with Crippen molar-refractivity contribution in [3.05, 3.63) is 11.0 Å². The summed E-state index contributed by atoms with van der Waals surface area (Å²) < 4.78 is 7.73. The number of halogens is 1. The van der Waals surface area contributed by atoms with Crippen molar-refractivity contribution in [1.29, 1.82) is 0 Å². The van der Waals surface area contributed by atoms with E-state index < -0.39 is 0 Å². The summed E-state index contributed by atoms with van der Waals surface area (Å²) in [5, 5.41) is 15.5. The first kappa shape index (κ1) is 16.1. The molecule has 2 aliphatic rings. The van der Waals surface area contributed by atoms with Crippen LogP contribution in [0.2, 0.25) is 5.28 Å². The quantitative estimate of drug-likeness (QED) is 0.856. The molecule has 0 aromatic carbocycles. The highest BCUT2D eigenvalue weighted by atomic mass is 35.5. The van der Waals surface area contributed by atoms with E-state index in [0.717, 1.165) is 67.8 Å². The van der Waals surface area contributed by atoms with Crippen molar-refractivity contribution in [1.82, 2.24) is 19.7 Å². The van der Waals surface area contributed by atoms with Gasteiger partial charge in [0.1, 0.15) is 5.82 Å². The Morgan fingerprint density at radius 3 is 2.88 bits per heavy atom. The predicted octanol–water partition coefficient (Wildman–Crippen LogP) is 2.45. The van der Waals surface area contributed by atoms with Crippen LogP contribution in [0.4, 0.5) is 5.82 Å². The molecule has 7 nitrogen and oxygen atoms in total. The van der Waals surface area contributed by atoms with Crippen molar-refractivity contribution in [2.45, 2.75) is 51.3 Å². The number of hydrogen-bond donors (Lipinski definition) is 1. The maximum absolute atomic E-state index is 9.66.